The third-order valence-electron chi connectivity index (χ3n) is 6.55. The number of allylic oxidation sites excluding steroid dienone is 1. The molecule has 0 atom stereocenters. The van der Waals surface area contributed by atoms with E-state index < -0.39 is 0 Å². The van der Waals surface area contributed by atoms with Crippen LogP contribution in [0.4, 0.5) is 0 Å². The van der Waals surface area contributed by atoms with E-state index in [0.29, 0.717) is 23.8 Å². The van der Waals surface area contributed by atoms with Gasteiger partial charge in [0.1, 0.15) is 11.3 Å². The Balaban J connectivity index is 1.62. The molecule has 0 radical (unpaired) electrons. The van der Waals surface area contributed by atoms with Crippen molar-refractivity contribution in [3.63, 3.8) is 0 Å². The average Bonchev–Trinajstić information content (AvgIpc) is 3.33. The van der Waals surface area contributed by atoms with Gasteiger partial charge in [-0.15, -0.1) is 0 Å². The summed E-state index contributed by atoms with van der Waals surface area (Å²) in [5, 5.41) is 3.92. The maximum Gasteiger partial charge on any atom is 0.244 e. The Bertz CT molecular complexity index is 1260. The molecule has 2 aromatic carbocycles. The number of ether oxygens (including phenoxy) is 4. The van der Waals surface area contributed by atoms with E-state index in [1.54, 1.807) is 33.7 Å². The van der Waals surface area contributed by atoms with Gasteiger partial charge in [0.25, 0.3) is 0 Å². The molecule has 36 heavy (non-hydrogen) atoms. The lowest BCUT2D eigenvalue weighted by Crippen LogP contribution is -2.41. The van der Waals surface area contributed by atoms with Crippen molar-refractivity contribution in [2.75, 3.05) is 60.7 Å². The topological polar surface area (TPSA) is 82.4 Å². The summed E-state index contributed by atoms with van der Waals surface area (Å²) in [6, 6.07) is 7.78. The summed E-state index contributed by atoms with van der Waals surface area (Å²) in [4.78, 5) is 15.0. The Morgan fingerprint density at radius 2 is 1.83 bits per heavy atom. The molecule has 1 aliphatic heterocycles. The van der Waals surface area contributed by atoms with Crippen LogP contribution >= 0.6 is 0 Å². The first-order valence-electron chi connectivity index (χ1n) is 12.0. The first-order chi connectivity index (χ1) is 17.5. The molecule has 192 valence electrons. The third-order valence-corrected chi connectivity index (χ3v) is 6.55. The van der Waals surface area contributed by atoms with Gasteiger partial charge < -0.3 is 28.7 Å². The molecule has 0 aliphatic carbocycles. The molecular weight excluding hydrogens is 460 g/mol. The van der Waals surface area contributed by atoms with E-state index in [0.717, 1.165) is 71.6 Å². The standard InChI is InChI=1S/C28H34N2O6/c1-18(14-26(31)29-8-9-30-10-12-35-13-11-30)21-16-22-23(17-36-28(22)19(2)27(21)34-5)20-6-7-24(32-3)25(15-20)33-4/h6-7,14-17H,8-13H2,1-5H3,(H,29,31)/b18-14+. The van der Waals surface area contributed by atoms with Crippen LogP contribution in [0, 0.1) is 6.92 Å². The Labute approximate surface area is 211 Å². The van der Waals surface area contributed by atoms with Crippen LogP contribution in [0.3, 0.4) is 0 Å². The quantitative estimate of drug-likeness (QED) is 0.445. The van der Waals surface area contributed by atoms with E-state index >= 15 is 0 Å². The fraction of sp³-hybridized carbons (Fsp3) is 0.393. The number of amides is 1. The van der Waals surface area contributed by atoms with Gasteiger partial charge in [-0.05, 0) is 43.2 Å². The lowest BCUT2D eigenvalue weighted by molar-refractivity contribution is -0.116. The molecule has 1 aromatic heterocycles. The minimum absolute atomic E-state index is 0.132. The summed E-state index contributed by atoms with van der Waals surface area (Å²) in [6.45, 7) is 8.55. The molecule has 1 fully saturated rings. The number of methoxy groups -OCH3 is 3. The zero-order valence-corrected chi connectivity index (χ0v) is 21.6. The number of morpholine rings is 1. The van der Waals surface area contributed by atoms with Crippen molar-refractivity contribution in [1.29, 1.82) is 0 Å². The fourth-order valence-electron chi connectivity index (χ4n) is 4.59. The maximum absolute atomic E-state index is 12.7. The summed E-state index contributed by atoms with van der Waals surface area (Å²) < 4.78 is 27.9. The predicted molar refractivity (Wildman–Crippen MR) is 140 cm³/mol. The van der Waals surface area contributed by atoms with Crippen molar-refractivity contribution >= 4 is 22.4 Å². The van der Waals surface area contributed by atoms with Crippen LogP contribution in [0.1, 0.15) is 18.1 Å². The fourth-order valence-corrected chi connectivity index (χ4v) is 4.59. The molecule has 1 aliphatic rings. The smallest absolute Gasteiger partial charge is 0.244 e. The lowest BCUT2D eigenvalue weighted by Gasteiger charge is -2.26. The highest BCUT2D eigenvalue weighted by atomic mass is 16.5. The second kappa shape index (κ2) is 11.5. The average molecular weight is 495 g/mol. The van der Waals surface area contributed by atoms with Crippen LogP contribution in [-0.2, 0) is 9.53 Å². The lowest BCUT2D eigenvalue weighted by atomic mass is 9.96. The van der Waals surface area contributed by atoms with Gasteiger partial charge in [-0.3, -0.25) is 9.69 Å². The minimum Gasteiger partial charge on any atom is -0.496 e. The van der Waals surface area contributed by atoms with Crippen LogP contribution in [0.25, 0.3) is 27.7 Å². The zero-order valence-electron chi connectivity index (χ0n) is 21.6. The number of hydrogen-bond acceptors (Lipinski definition) is 7. The first-order valence-corrected chi connectivity index (χ1v) is 12.0. The van der Waals surface area contributed by atoms with Gasteiger partial charge in [-0.2, -0.15) is 0 Å². The monoisotopic (exact) mass is 494 g/mol. The van der Waals surface area contributed by atoms with E-state index in [4.69, 9.17) is 23.4 Å². The van der Waals surface area contributed by atoms with Crippen molar-refractivity contribution in [3.8, 4) is 28.4 Å². The Hall–Kier alpha value is -3.49. The Morgan fingerprint density at radius 3 is 2.53 bits per heavy atom. The van der Waals surface area contributed by atoms with Crippen molar-refractivity contribution in [1.82, 2.24) is 10.2 Å². The Kier molecular flexibility index (Phi) is 8.18. The number of carbonyl (C=O) groups excluding carboxylic acids is 1. The van der Waals surface area contributed by atoms with Crippen molar-refractivity contribution in [2.24, 2.45) is 0 Å². The highest BCUT2D eigenvalue weighted by molar-refractivity contribution is 6.01. The summed E-state index contributed by atoms with van der Waals surface area (Å²) in [5.74, 6) is 1.85. The second-order valence-corrected chi connectivity index (χ2v) is 8.75. The number of aryl methyl sites for hydroxylation is 1. The third kappa shape index (κ3) is 5.34. The number of nitrogens with zero attached hydrogens (tertiary/aromatic N) is 1. The number of furan rings is 1. The molecule has 4 rings (SSSR count). The Morgan fingerprint density at radius 1 is 1.08 bits per heavy atom. The maximum atomic E-state index is 12.7. The molecular formula is C28H34N2O6. The number of rotatable bonds is 9. The van der Waals surface area contributed by atoms with E-state index in [1.165, 1.54) is 0 Å². The number of carbonyl (C=O) groups is 1. The summed E-state index contributed by atoms with van der Waals surface area (Å²) >= 11 is 0. The van der Waals surface area contributed by atoms with Crippen LogP contribution in [-0.4, -0.2) is 71.5 Å². The molecule has 1 N–H and O–H groups in total. The van der Waals surface area contributed by atoms with E-state index in [2.05, 4.69) is 10.2 Å². The molecule has 0 unspecified atom stereocenters. The van der Waals surface area contributed by atoms with Crippen molar-refractivity contribution in [3.05, 3.63) is 47.7 Å². The number of benzene rings is 2. The molecule has 2 heterocycles. The molecule has 0 bridgehead atoms. The van der Waals surface area contributed by atoms with Crippen molar-refractivity contribution < 1.29 is 28.2 Å². The minimum atomic E-state index is -0.132. The van der Waals surface area contributed by atoms with Gasteiger partial charge >= 0.3 is 0 Å². The molecule has 0 spiro atoms. The molecule has 1 saturated heterocycles. The summed E-state index contributed by atoms with van der Waals surface area (Å²) in [6.07, 6.45) is 3.36. The summed E-state index contributed by atoms with van der Waals surface area (Å²) in [5.41, 5.74) is 5.11. The molecule has 8 nitrogen and oxygen atoms in total. The summed E-state index contributed by atoms with van der Waals surface area (Å²) in [7, 11) is 4.86. The van der Waals surface area contributed by atoms with Gasteiger partial charge in [0.2, 0.25) is 5.91 Å². The number of nitrogens with one attached hydrogen (secondary N) is 1. The van der Waals surface area contributed by atoms with Gasteiger partial charge in [-0.25, -0.2) is 0 Å². The molecule has 3 aromatic rings. The van der Waals surface area contributed by atoms with Gasteiger partial charge in [0.15, 0.2) is 11.5 Å². The highest BCUT2D eigenvalue weighted by Gasteiger charge is 2.20. The molecule has 1 amide bonds. The van der Waals surface area contributed by atoms with Crippen LogP contribution < -0.4 is 19.5 Å². The number of fused-ring (bicyclic) bond motifs is 1. The predicted octanol–water partition coefficient (Wildman–Crippen LogP) is 4.29. The molecule has 0 saturated carbocycles. The van der Waals surface area contributed by atoms with Gasteiger partial charge in [0, 0.05) is 54.3 Å². The van der Waals surface area contributed by atoms with Gasteiger partial charge in [0.05, 0.1) is 40.8 Å². The van der Waals surface area contributed by atoms with E-state index in [-0.39, 0.29) is 5.91 Å². The van der Waals surface area contributed by atoms with E-state index in [9.17, 15) is 4.79 Å². The van der Waals surface area contributed by atoms with Crippen LogP contribution in [0.15, 0.2) is 41.0 Å². The number of hydrogen-bond donors (Lipinski definition) is 1. The largest absolute Gasteiger partial charge is 0.496 e. The van der Waals surface area contributed by atoms with Crippen LogP contribution in [0.2, 0.25) is 0 Å². The SMILES string of the molecule is COc1ccc(-c2coc3c(C)c(OC)c(/C(C)=C/C(=O)NCCN4CCOCC4)cc23)cc1OC. The second-order valence-electron chi connectivity index (χ2n) is 8.75. The normalized spacial score (nSPS) is 14.6. The first kappa shape index (κ1) is 25.6. The van der Waals surface area contributed by atoms with Crippen LogP contribution in [0.5, 0.6) is 17.2 Å². The van der Waals surface area contributed by atoms with E-state index in [1.807, 2.05) is 38.1 Å². The zero-order chi connectivity index (χ0) is 25.7. The van der Waals surface area contributed by atoms with Gasteiger partial charge in [-0.1, -0.05) is 6.07 Å². The highest BCUT2D eigenvalue weighted by Crippen LogP contribution is 2.42. The molecule has 8 heteroatoms. The van der Waals surface area contributed by atoms with Crippen molar-refractivity contribution in [2.45, 2.75) is 13.8 Å².